The van der Waals surface area contributed by atoms with Gasteiger partial charge in [-0.05, 0) is 56.0 Å². The number of benzene rings is 2. The Bertz CT molecular complexity index is 883. The Morgan fingerprint density at radius 2 is 1.79 bits per heavy atom. The lowest BCUT2D eigenvalue weighted by molar-refractivity contribution is -0.133. The average molecular weight is 398 g/mol. The van der Waals surface area contributed by atoms with Crippen LogP contribution in [0.5, 0.6) is 0 Å². The topological polar surface area (TPSA) is 23.6 Å². The van der Waals surface area contributed by atoms with Crippen LogP contribution < -0.4 is 0 Å². The van der Waals surface area contributed by atoms with Crippen molar-refractivity contribution in [1.82, 2.24) is 9.80 Å². The molecular weight excluding hydrogens is 370 g/mol. The maximum Gasteiger partial charge on any atom is 0.240 e. The Morgan fingerprint density at radius 3 is 2.48 bits per heavy atom. The molecule has 4 rings (SSSR count). The van der Waals surface area contributed by atoms with E-state index in [0.29, 0.717) is 31.6 Å². The highest BCUT2D eigenvalue weighted by Crippen LogP contribution is 2.33. The minimum absolute atomic E-state index is 0.0342. The molecule has 5 heteroatoms. The number of nitrogens with zero attached hydrogens (tertiary/aromatic N) is 2. The molecule has 0 aromatic heterocycles. The molecule has 2 aliphatic rings. The molecule has 0 radical (unpaired) electrons. The van der Waals surface area contributed by atoms with E-state index in [9.17, 15) is 13.6 Å². The second-order valence-corrected chi connectivity index (χ2v) is 8.46. The first kappa shape index (κ1) is 20.0. The van der Waals surface area contributed by atoms with Crippen molar-refractivity contribution in [3.05, 3.63) is 70.5 Å². The van der Waals surface area contributed by atoms with Crippen LogP contribution in [-0.2, 0) is 11.3 Å². The highest BCUT2D eigenvalue weighted by molar-refractivity contribution is 5.84. The molecule has 2 aromatic carbocycles. The average Bonchev–Trinajstić information content (AvgIpc) is 3.06. The highest BCUT2D eigenvalue weighted by Gasteiger charge is 2.40. The van der Waals surface area contributed by atoms with Crippen LogP contribution in [0.1, 0.15) is 41.0 Å². The van der Waals surface area contributed by atoms with Gasteiger partial charge in [-0.25, -0.2) is 8.78 Å². The van der Waals surface area contributed by atoms with E-state index in [4.69, 9.17) is 0 Å². The summed E-state index contributed by atoms with van der Waals surface area (Å²) >= 11 is 0. The maximum atomic E-state index is 15.0. The number of alkyl halides is 1. The summed E-state index contributed by atoms with van der Waals surface area (Å²) < 4.78 is 28.8. The van der Waals surface area contributed by atoms with Gasteiger partial charge in [0.1, 0.15) is 12.0 Å². The molecule has 2 aliphatic heterocycles. The van der Waals surface area contributed by atoms with E-state index in [2.05, 4.69) is 0 Å². The molecule has 0 N–H and O–H groups in total. The monoisotopic (exact) mass is 398 g/mol. The lowest BCUT2D eigenvalue weighted by Gasteiger charge is -2.37. The van der Waals surface area contributed by atoms with Gasteiger partial charge in [-0.2, -0.15) is 0 Å². The number of hydrogen-bond donors (Lipinski definition) is 0. The van der Waals surface area contributed by atoms with Gasteiger partial charge in [0.05, 0.1) is 6.04 Å². The van der Waals surface area contributed by atoms with E-state index in [1.54, 1.807) is 17.9 Å². The fourth-order valence-electron chi connectivity index (χ4n) is 4.57. The van der Waals surface area contributed by atoms with E-state index < -0.39 is 6.17 Å². The molecule has 2 saturated heterocycles. The van der Waals surface area contributed by atoms with Gasteiger partial charge in [-0.1, -0.05) is 42.0 Å². The number of rotatable bonds is 4. The van der Waals surface area contributed by atoms with Gasteiger partial charge in [-0.15, -0.1) is 0 Å². The summed E-state index contributed by atoms with van der Waals surface area (Å²) in [6, 6.07) is 12.9. The van der Waals surface area contributed by atoms with Crippen LogP contribution >= 0.6 is 0 Å². The minimum Gasteiger partial charge on any atom is -0.337 e. The third kappa shape index (κ3) is 4.20. The van der Waals surface area contributed by atoms with Crippen LogP contribution in [-0.4, -0.2) is 47.6 Å². The molecule has 0 saturated carbocycles. The van der Waals surface area contributed by atoms with Gasteiger partial charge in [0.25, 0.3) is 0 Å². The Hall–Kier alpha value is -2.27. The van der Waals surface area contributed by atoms with Gasteiger partial charge >= 0.3 is 0 Å². The molecule has 0 aliphatic carbocycles. The van der Waals surface area contributed by atoms with Crippen LogP contribution in [0.15, 0.2) is 42.5 Å². The normalized spacial score (nSPS) is 25.6. The lowest BCUT2D eigenvalue weighted by atomic mass is 9.87. The van der Waals surface area contributed by atoms with Crippen LogP contribution in [0.25, 0.3) is 0 Å². The smallest absolute Gasteiger partial charge is 0.240 e. The molecule has 29 heavy (non-hydrogen) atoms. The lowest BCUT2D eigenvalue weighted by Crippen LogP contribution is -2.49. The maximum absolute atomic E-state index is 15.0. The highest BCUT2D eigenvalue weighted by atomic mass is 19.1. The first-order chi connectivity index (χ1) is 13.9. The van der Waals surface area contributed by atoms with Gasteiger partial charge in [-0.3, -0.25) is 9.69 Å². The SMILES string of the molecule is Cc1ccc([C@@H]2CCN([C@H]3CCN(Cc4ccc(C)c(F)c4)C3=O)C[C@H]2F)cc1. The Balaban J connectivity index is 1.38. The molecule has 3 atom stereocenters. The van der Waals surface area contributed by atoms with Crippen molar-refractivity contribution in [3.8, 4) is 0 Å². The van der Waals surface area contributed by atoms with Gasteiger partial charge in [0, 0.05) is 25.6 Å². The zero-order chi connectivity index (χ0) is 20.5. The number of aryl methyl sites for hydroxylation is 2. The zero-order valence-corrected chi connectivity index (χ0v) is 17.1. The standard InChI is InChI=1S/C24H28F2N2O/c1-16-3-7-19(8-4-16)20-9-11-27(15-22(20)26)23-10-12-28(24(23)29)14-18-6-5-17(2)21(25)13-18/h3-8,13,20,22-23H,9-12,14-15H2,1-2H3/t20-,22+,23-/m0/s1. The first-order valence-electron chi connectivity index (χ1n) is 10.4. The van der Waals surface area contributed by atoms with Crippen molar-refractivity contribution < 1.29 is 13.6 Å². The number of piperidine rings is 1. The van der Waals surface area contributed by atoms with Gasteiger partial charge in [0.2, 0.25) is 5.91 Å². The van der Waals surface area contributed by atoms with E-state index in [0.717, 1.165) is 24.1 Å². The number of halogens is 2. The molecule has 154 valence electrons. The van der Waals surface area contributed by atoms with Gasteiger partial charge in [0.15, 0.2) is 0 Å². The summed E-state index contributed by atoms with van der Waals surface area (Å²) in [4.78, 5) is 16.7. The van der Waals surface area contributed by atoms with Crippen molar-refractivity contribution in [1.29, 1.82) is 0 Å². The molecule has 1 amide bonds. The molecule has 0 unspecified atom stereocenters. The van der Waals surface area contributed by atoms with E-state index in [-0.39, 0.29) is 23.7 Å². The van der Waals surface area contributed by atoms with Crippen LogP contribution in [0.4, 0.5) is 8.78 Å². The van der Waals surface area contributed by atoms with E-state index in [1.807, 2.05) is 42.2 Å². The summed E-state index contributed by atoms with van der Waals surface area (Å²) in [6.07, 6.45) is 0.450. The number of likely N-dealkylation sites (tertiary alicyclic amines) is 2. The Morgan fingerprint density at radius 1 is 1.03 bits per heavy atom. The summed E-state index contributed by atoms with van der Waals surface area (Å²) in [5.41, 5.74) is 3.61. The fourth-order valence-corrected chi connectivity index (χ4v) is 4.57. The van der Waals surface area contributed by atoms with Crippen molar-refractivity contribution >= 4 is 5.91 Å². The van der Waals surface area contributed by atoms with E-state index >= 15 is 0 Å². The van der Waals surface area contributed by atoms with E-state index in [1.165, 1.54) is 11.6 Å². The molecule has 0 bridgehead atoms. The van der Waals surface area contributed by atoms with Crippen molar-refractivity contribution in [2.45, 2.75) is 51.4 Å². The predicted molar refractivity (Wildman–Crippen MR) is 110 cm³/mol. The summed E-state index contributed by atoms with van der Waals surface area (Å²) in [5.74, 6) is -0.314. The molecule has 2 heterocycles. The fraction of sp³-hybridized carbons (Fsp3) is 0.458. The second-order valence-electron chi connectivity index (χ2n) is 8.46. The predicted octanol–water partition coefficient (Wildman–Crippen LogP) is 4.37. The van der Waals surface area contributed by atoms with Crippen LogP contribution in [0, 0.1) is 19.7 Å². The number of carbonyl (C=O) groups is 1. The zero-order valence-electron chi connectivity index (χ0n) is 17.1. The second kappa shape index (κ2) is 8.23. The van der Waals surface area contributed by atoms with Crippen LogP contribution in [0.2, 0.25) is 0 Å². The third-order valence-electron chi connectivity index (χ3n) is 6.40. The number of carbonyl (C=O) groups excluding carboxylic acids is 1. The van der Waals surface area contributed by atoms with Crippen molar-refractivity contribution in [2.75, 3.05) is 19.6 Å². The van der Waals surface area contributed by atoms with Crippen molar-refractivity contribution in [3.63, 3.8) is 0 Å². The van der Waals surface area contributed by atoms with Gasteiger partial charge < -0.3 is 4.90 Å². The van der Waals surface area contributed by atoms with Crippen molar-refractivity contribution in [2.24, 2.45) is 0 Å². The third-order valence-corrected chi connectivity index (χ3v) is 6.40. The largest absolute Gasteiger partial charge is 0.337 e. The molecule has 0 spiro atoms. The summed E-state index contributed by atoms with van der Waals surface area (Å²) in [7, 11) is 0. The molecular formula is C24H28F2N2O. The minimum atomic E-state index is -0.973. The molecule has 2 fully saturated rings. The summed E-state index contributed by atoms with van der Waals surface area (Å²) in [6.45, 7) is 5.81. The molecule has 2 aromatic rings. The Labute approximate surface area is 171 Å². The quantitative estimate of drug-likeness (QED) is 0.764. The first-order valence-corrected chi connectivity index (χ1v) is 10.4. The number of hydrogen-bond acceptors (Lipinski definition) is 2. The molecule has 3 nitrogen and oxygen atoms in total. The number of amides is 1. The Kier molecular flexibility index (Phi) is 5.68. The van der Waals surface area contributed by atoms with Crippen LogP contribution in [0.3, 0.4) is 0 Å². The summed E-state index contributed by atoms with van der Waals surface area (Å²) in [5, 5.41) is 0.